The second-order valence-corrected chi connectivity index (χ2v) is 11.6. The number of hydrogen-bond donors (Lipinski definition) is 0. The van der Waals surface area contributed by atoms with Gasteiger partial charge in [-0.15, -0.1) is 0 Å². The molecule has 0 aliphatic rings. The first-order chi connectivity index (χ1) is 16.7. The maximum Gasteiger partial charge on any atom is 0.228 e. The molecule has 35 heavy (non-hydrogen) atoms. The van der Waals surface area contributed by atoms with E-state index in [2.05, 4.69) is 4.90 Å². The molecule has 0 bridgehead atoms. The van der Waals surface area contributed by atoms with Crippen LogP contribution in [0.25, 0.3) is 10.2 Å². The zero-order valence-corrected chi connectivity index (χ0v) is 22.5. The van der Waals surface area contributed by atoms with E-state index in [0.29, 0.717) is 23.2 Å². The van der Waals surface area contributed by atoms with Crippen LogP contribution in [0.1, 0.15) is 24.8 Å². The van der Waals surface area contributed by atoms with Crippen molar-refractivity contribution in [1.82, 2.24) is 9.88 Å². The Morgan fingerprint density at radius 3 is 2.34 bits per heavy atom. The first-order valence-corrected chi connectivity index (χ1v) is 13.9. The van der Waals surface area contributed by atoms with Crippen molar-refractivity contribution in [3.8, 4) is 11.5 Å². The lowest BCUT2D eigenvalue weighted by molar-refractivity contribution is -0.118. The molecule has 0 saturated heterocycles. The number of ether oxygens (including phenoxy) is 2. The van der Waals surface area contributed by atoms with E-state index < -0.39 is 9.84 Å². The van der Waals surface area contributed by atoms with Crippen LogP contribution in [0.15, 0.2) is 41.3 Å². The molecule has 3 aromatic rings. The Balaban J connectivity index is 1.76. The van der Waals surface area contributed by atoms with Crippen molar-refractivity contribution in [2.75, 3.05) is 52.1 Å². The molecule has 0 atom stereocenters. The van der Waals surface area contributed by atoms with E-state index in [9.17, 15) is 13.2 Å². The Bertz CT molecular complexity index is 1250. The molecule has 2 aromatic carbocycles. The Morgan fingerprint density at radius 2 is 1.71 bits per heavy atom. The molecule has 0 saturated carbocycles. The molecule has 0 aliphatic heterocycles. The van der Waals surface area contributed by atoms with Crippen molar-refractivity contribution >= 4 is 42.4 Å². The summed E-state index contributed by atoms with van der Waals surface area (Å²) in [6, 6.07) is 10.2. The molecule has 3 rings (SSSR count). The number of methoxy groups -OCH3 is 2. The Kier molecular flexibility index (Phi) is 9.09. The largest absolute Gasteiger partial charge is 0.497 e. The monoisotopic (exact) mass is 519 g/mol. The van der Waals surface area contributed by atoms with Crippen molar-refractivity contribution in [2.45, 2.75) is 31.1 Å². The lowest BCUT2D eigenvalue weighted by atomic mass is 10.2. The SMILES string of the molecule is COc1ccc(S(=O)(=O)CCCC(=O)N(CCCN(C)C)c2nc3c(OC)ccc(C)c3s2)cc1. The molecule has 0 radical (unpaired) electrons. The van der Waals surface area contributed by atoms with Crippen molar-refractivity contribution in [3.05, 3.63) is 42.0 Å². The maximum atomic E-state index is 13.3. The number of fused-ring (bicyclic) bond motifs is 1. The minimum atomic E-state index is -3.50. The minimum absolute atomic E-state index is 0.108. The number of carbonyl (C=O) groups excluding carboxylic acids is 1. The molecule has 0 aliphatic carbocycles. The van der Waals surface area contributed by atoms with Crippen LogP contribution in [0.5, 0.6) is 11.5 Å². The van der Waals surface area contributed by atoms with Crippen LogP contribution in [0.3, 0.4) is 0 Å². The number of amides is 1. The molecular weight excluding hydrogens is 486 g/mol. The Hall–Kier alpha value is -2.69. The highest BCUT2D eigenvalue weighted by Crippen LogP contribution is 2.36. The van der Waals surface area contributed by atoms with Crippen LogP contribution in [0.4, 0.5) is 5.13 Å². The molecule has 0 unspecified atom stereocenters. The topological polar surface area (TPSA) is 89.0 Å². The quantitative estimate of drug-likeness (QED) is 0.355. The number of sulfone groups is 1. The van der Waals surface area contributed by atoms with Gasteiger partial charge in [-0.1, -0.05) is 17.4 Å². The summed E-state index contributed by atoms with van der Waals surface area (Å²) in [7, 11) is 3.61. The molecule has 8 nitrogen and oxygen atoms in total. The van der Waals surface area contributed by atoms with Gasteiger partial charge in [-0.25, -0.2) is 13.4 Å². The number of aryl methyl sites for hydroxylation is 1. The number of nitrogens with zero attached hydrogens (tertiary/aromatic N) is 3. The van der Waals surface area contributed by atoms with Gasteiger partial charge in [-0.3, -0.25) is 9.69 Å². The summed E-state index contributed by atoms with van der Waals surface area (Å²) in [6.07, 6.45) is 1.11. The molecule has 1 aromatic heterocycles. The predicted octanol–water partition coefficient (Wildman–Crippen LogP) is 4.16. The molecule has 0 spiro atoms. The summed E-state index contributed by atoms with van der Waals surface area (Å²) in [6.45, 7) is 3.33. The summed E-state index contributed by atoms with van der Waals surface area (Å²) in [4.78, 5) is 22.0. The molecule has 0 N–H and O–H groups in total. The summed E-state index contributed by atoms with van der Waals surface area (Å²) in [5, 5.41) is 0.606. The van der Waals surface area contributed by atoms with Crippen LogP contribution in [-0.4, -0.2) is 71.4 Å². The number of aromatic nitrogens is 1. The van der Waals surface area contributed by atoms with Gasteiger partial charge in [0.05, 0.1) is 29.6 Å². The first kappa shape index (κ1) is 26.9. The summed E-state index contributed by atoms with van der Waals surface area (Å²) < 4.78 is 37.0. The van der Waals surface area contributed by atoms with Crippen molar-refractivity contribution in [2.24, 2.45) is 0 Å². The average Bonchev–Trinajstić information content (AvgIpc) is 3.28. The van der Waals surface area contributed by atoms with E-state index in [-0.39, 0.29) is 29.4 Å². The zero-order valence-electron chi connectivity index (χ0n) is 20.9. The lowest BCUT2D eigenvalue weighted by Crippen LogP contribution is -2.33. The van der Waals surface area contributed by atoms with E-state index in [1.165, 1.54) is 30.6 Å². The van der Waals surface area contributed by atoms with E-state index in [4.69, 9.17) is 14.5 Å². The number of rotatable bonds is 12. The van der Waals surface area contributed by atoms with Gasteiger partial charge in [0.25, 0.3) is 0 Å². The fraction of sp³-hybridized carbons (Fsp3) is 0.440. The third-order valence-electron chi connectivity index (χ3n) is 5.65. The average molecular weight is 520 g/mol. The second-order valence-electron chi connectivity index (χ2n) is 8.56. The molecular formula is C25H33N3O5S2. The fourth-order valence-electron chi connectivity index (χ4n) is 3.70. The van der Waals surface area contributed by atoms with E-state index in [1.54, 1.807) is 24.1 Å². The third kappa shape index (κ3) is 6.71. The van der Waals surface area contributed by atoms with Crippen LogP contribution in [0, 0.1) is 6.92 Å². The van der Waals surface area contributed by atoms with E-state index in [0.717, 1.165) is 28.7 Å². The highest BCUT2D eigenvalue weighted by molar-refractivity contribution is 7.91. The van der Waals surface area contributed by atoms with E-state index in [1.807, 2.05) is 33.2 Å². The van der Waals surface area contributed by atoms with Crippen LogP contribution in [-0.2, 0) is 14.6 Å². The highest BCUT2D eigenvalue weighted by Gasteiger charge is 2.23. The van der Waals surface area contributed by atoms with Gasteiger partial charge >= 0.3 is 0 Å². The molecule has 1 heterocycles. The van der Waals surface area contributed by atoms with Gasteiger partial charge in [-0.2, -0.15) is 0 Å². The number of benzene rings is 2. The van der Waals surface area contributed by atoms with Gasteiger partial charge in [0.2, 0.25) is 5.91 Å². The van der Waals surface area contributed by atoms with Crippen LogP contribution >= 0.6 is 11.3 Å². The number of carbonyl (C=O) groups is 1. The highest BCUT2D eigenvalue weighted by atomic mass is 32.2. The number of thiazole rings is 1. The molecule has 10 heteroatoms. The van der Waals surface area contributed by atoms with Gasteiger partial charge < -0.3 is 14.4 Å². The fourth-order valence-corrected chi connectivity index (χ4v) is 6.11. The molecule has 190 valence electrons. The van der Waals surface area contributed by atoms with Crippen molar-refractivity contribution in [1.29, 1.82) is 0 Å². The first-order valence-electron chi connectivity index (χ1n) is 11.4. The maximum absolute atomic E-state index is 13.3. The predicted molar refractivity (Wildman–Crippen MR) is 141 cm³/mol. The van der Waals surface area contributed by atoms with Crippen molar-refractivity contribution < 1.29 is 22.7 Å². The number of hydrogen-bond acceptors (Lipinski definition) is 8. The van der Waals surface area contributed by atoms with Gasteiger partial charge in [0.1, 0.15) is 17.0 Å². The standard InChI is InChI=1S/C25H33N3O5S2/c1-18-9-14-21(33-5)23-24(18)34-25(26-23)28(16-7-15-27(2)3)22(29)8-6-17-35(30,31)20-12-10-19(32-4)11-13-20/h9-14H,6-8,15-17H2,1-5H3. The minimum Gasteiger partial charge on any atom is -0.497 e. The normalized spacial score (nSPS) is 11.7. The summed E-state index contributed by atoms with van der Waals surface area (Å²) in [5.74, 6) is 1.02. The van der Waals surface area contributed by atoms with Crippen LogP contribution < -0.4 is 14.4 Å². The zero-order chi connectivity index (χ0) is 25.6. The van der Waals surface area contributed by atoms with Gasteiger partial charge in [0, 0.05) is 13.0 Å². The summed E-state index contributed by atoms with van der Waals surface area (Å²) >= 11 is 1.46. The molecule has 0 fully saturated rings. The Labute approximate surface area is 211 Å². The van der Waals surface area contributed by atoms with Crippen molar-refractivity contribution in [3.63, 3.8) is 0 Å². The lowest BCUT2D eigenvalue weighted by Gasteiger charge is -2.21. The Morgan fingerprint density at radius 1 is 1.00 bits per heavy atom. The smallest absolute Gasteiger partial charge is 0.228 e. The molecule has 1 amide bonds. The summed E-state index contributed by atoms with van der Waals surface area (Å²) in [5.41, 5.74) is 1.80. The second kappa shape index (κ2) is 11.8. The van der Waals surface area contributed by atoms with Gasteiger partial charge in [-0.05, 0) is 76.3 Å². The third-order valence-corrected chi connectivity index (χ3v) is 8.68. The van der Waals surface area contributed by atoms with Gasteiger partial charge in [0.15, 0.2) is 15.0 Å². The number of anilines is 1. The van der Waals surface area contributed by atoms with E-state index >= 15 is 0 Å². The van der Waals surface area contributed by atoms with Crippen LogP contribution in [0.2, 0.25) is 0 Å².